The van der Waals surface area contributed by atoms with Crippen LogP contribution in [0.15, 0.2) is 34.7 Å². The van der Waals surface area contributed by atoms with Crippen LogP contribution in [0.3, 0.4) is 0 Å². The molecule has 2 aromatic rings. The van der Waals surface area contributed by atoms with Gasteiger partial charge in [-0.15, -0.1) is 0 Å². The molecule has 0 amide bonds. The number of hydrogen-bond donors (Lipinski definition) is 0. The molecule has 94 valence electrons. The highest BCUT2D eigenvalue weighted by Gasteiger charge is 2.35. The van der Waals surface area contributed by atoms with Crippen LogP contribution in [-0.4, -0.2) is 19.9 Å². The third kappa shape index (κ3) is 3.30. The van der Waals surface area contributed by atoms with Crippen molar-refractivity contribution >= 4 is 23.4 Å². The highest BCUT2D eigenvalue weighted by molar-refractivity contribution is 7.99. The fourth-order valence-electron chi connectivity index (χ4n) is 1.01. The summed E-state index contributed by atoms with van der Waals surface area (Å²) in [6.45, 7) is 0. The van der Waals surface area contributed by atoms with Crippen molar-refractivity contribution < 1.29 is 13.2 Å². The third-order valence-electron chi connectivity index (χ3n) is 1.66. The summed E-state index contributed by atoms with van der Waals surface area (Å²) < 4.78 is 37.4. The Kier molecular flexibility index (Phi) is 3.67. The minimum Gasteiger partial charge on any atom is -0.231 e. The first-order chi connectivity index (χ1) is 8.45. The van der Waals surface area contributed by atoms with E-state index in [0.29, 0.717) is 0 Å². The molecule has 0 aromatic carbocycles. The third-order valence-corrected chi connectivity index (χ3v) is 2.67. The molecular weight excluding hydrogens is 289 g/mol. The van der Waals surface area contributed by atoms with Gasteiger partial charge >= 0.3 is 6.18 Å². The summed E-state index contributed by atoms with van der Waals surface area (Å²) in [5.74, 6) is -1.28. The second kappa shape index (κ2) is 5.07. The minimum absolute atomic E-state index is 0.0357. The van der Waals surface area contributed by atoms with Gasteiger partial charge in [0.05, 0.1) is 0 Å². The van der Waals surface area contributed by atoms with Crippen LogP contribution in [0.25, 0.3) is 0 Å². The lowest BCUT2D eigenvalue weighted by Gasteiger charge is -2.06. The van der Waals surface area contributed by atoms with Crippen molar-refractivity contribution in [3.63, 3.8) is 0 Å². The Morgan fingerprint density at radius 1 is 1.11 bits per heavy atom. The maximum absolute atomic E-state index is 12.5. The molecule has 0 saturated heterocycles. The molecule has 0 spiro atoms. The highest BCUT2D eigenvalue weighted by atomic mass is 35.5. The number of alkyl halides is 3. The highest BCUT2D eigenvalue weighted by Crippen LogP contribution is 2.30. The first-order valence-electron chi connectivity index (χ1n) is 4.52. The van der Waals surface area contributed by atoms with Crippen LogP contribution in [0.5, 0.6) is 0 Å². The number of rotatable bonds is 2. The van der Waals surface area contributed by atoms with E-state index in [2.05, 4.69) is 19.9 Å². The van der Waals surface area contributed by atoms with E-state index < -0.39 is 12.0 Å². The molecule has 0 fully saturated rings. The van der Waals surface area contributed by atoms with Crippen molar-refractivity contribution in [3.8, 4) is 0 Å². The first-order valence-corrected chi connectivity index (χ1v) is 5.71. The van der Waals surface area contributed by atoms with E-state index >= 15 is 0 Å². The average molecular weight is 293 g/mol. The van der Waals surface area contributed by atoms with Crippen LogP contribution in [0, 0.1) is 0 Å². The Morgan fingerprint density at radius 2 is 1.78 bits per heavy atom. The van der Waals surface area contributed by atoms with Crippen molar-refractivity contribution in [2.45, 2.75) is 16.4 Å². The minimum atomic E-state index is -4.64. The van der Waals surface area contributed by atoms with Crippen molar-refractivity contribution in [2.75, 3.05) is 0 Å². The fraction of sp³-hybridized carbons (Fsp3) is 0.111. The van der Waals surface area contributed by atoms with Gasteiger partial charge in [0.25, 0.3) is 0 Å². The van der Waals surface area contributed by atoms with Gasteiger partial charge < -0.3 is 0 Å². The van der Waals surface area contributed by atoms with Gasteiger partial charge in [-0.3, -0.25) is 0 Å². The monoisotopic (exact) mass is 292 g/mol. The molecule has 0 aliphatic heterocycles. The largest absolute Gasteiger partial charge is 0.451 e. The van der Waals surface area contributed by atoms with Gasteiger partial charge in [0, 0.05) is 18.5 Å². The molecule has 0 atom stereocenters. The zero-order valence-electron chi connectivity index (χ0n) is 8.52. The standard InChI is InChI=1S/C9H4ClF3N4S/c10-5-4-6(17-7(16-5)9(11,12)13)18-8-14-2-1-3-15-8/h1-4H. The zero-order valence-corrected chi connectivity index (χ0v) is 10.1. The Hall–Kier alpha value is -1.41. The predicted octanol–water partition coefficient (Wildman–Crippen LogP) is 3.09. The number of halogens is 4. The van der Waals surface area contributed by atoms with Gasteiger partial charge in [0.15, 0.2) is 5.16 Å². The lowest BCUT2D eigenvalue weighted by Crippen LogP contribution is -2.11. The van der Waals surface area contributed by atoms with Gasteiger partial charge in [-0.1, -0.05) is 11.6 Å². The quantitative estimate of drug-likeness (QED) is 0.629. The summed E-state index contributed by atoms with van der Waals surface area (Å²) in [7, 11) is 0. The van der Waals surface area contributed by atoms with E-state index in [1.54, 1.807) is 6.07 Å². The summed E-state index contributed by atoms with van der Waals surface area (Å²) in [5, 5.41) is 0.0321. The molecule has 2 heterocycles. The van der Waals surface area contributed by atoms with E-state index in [0.717, 1.165) is 11.8 Å². The zero-order chi connectivity index (χ0) is 13.2. The topological polar surface area (TPSA) is 51.6 Å². The van der Waals surface area contributed by atoms with E-state index in [1.807, 2.05) is 0 Å². The molecule has 0 N–H and O–H groups in total. The first kappa shape index (κ1) is 13.0. The van der Waals surface area contributed by atoms with Crippen molar-refractivity contribution in [3.05, 3.63) is 35.5 Å². The molecule has 18 heavy (non-hydrogen) atoms. The molecular formula is C9H4ClF3N4S. The van der Waals surface area contributed by atoms with Gasteiger partial charge in [-0.25, -0.2) is 19.9 Å². The molecule has 9 heteroatoms. The second-order valence-electron chi connectivity index (χ2n) is 2.98. The van der Waals surface area contributed by atoms with Crippen molar-refractivity contribution in [2.24, 2.45) is 0 Å². The van der Waals surface area contributed by atoms with Crippen molar-refractivity contribution in [1.29, 1.82) is 0 Å². The molecule has 0 aliphatic rings. The van der Waals surface area contributed by atoms with Gasteiger partial charge in [-0.2, -0.15) is 13.2 Å². The number of aromatic nitrogens is 4. The summed E-state index contributed by atoms with van der Waals surface area (Å²) >= 11 is 6.39. The normalized spacial score (nSPS) is 11.6. The Balaban J connectivity index is 2.32. The molecule has 4 nitrogen and oxygen atoms in total. The SMILES string of the molecule is FC(F)(F)c1nc(Cl)cc(Sc2ncccn2)n1. The smallest absolute Gasteiger partial charge is 0.231 e. The second-order valence-corrected chi connectivity index (χ2v) is 4.36. The van der Waals surface area contributed by atoms with Crippen LogP contribution in [0.1, 0.15) is 5.82 Å². The van der Waals surface area contributed by atoms with Crippen LogP contribution in [-0.2, 0) is 6.18 Å². The Morgan fingerprint density at radius 3 is 2.39 bits per heavy atom. The Labute approximate surface area is 109 Å². The van der Waals surface area contributed by atoms with Gasteiger partial charge in [0.1, 0.15) is 10.2 Å². The van der Waals surface area contributed by atoms with Gasteiger partial charge in [0.2, 0.25) is 5.82 Å². The number of nitrogens with zero attached hydrogens (tertiary/aromatic N) is 4. The van der Waals surface area contributed by atoms with E-state index in [4.69, 9.17) is 11.6 Å². The lowest BCUT2D eigenvalue weighted by molar-refractivity contribution is -0.145. The van der Waals surface area contributed by atoms with E-state index in [1.165, 1.54) is 18.5 Å². The molecule has 0 radical (unpaired) electrons. The summed E-state index contributed by atoms with van der Waals surface area (Å²) in [6.07, 6.45) is -1.69. The molecule has 0 unspecified atom stereocenters. The molecule has 2 aromatic heterocycles. The molecule has 0 saturated carbocycles. The van der Waals surface area contributed by atoms with E-state index in [9.17, 15) is 13.2 Å². The maximum atomic E-state index is 12.5. The molecule has 0 aliphatic carbocycles. The molecule has 0 bridgehead atoms. The molecule has 2 rings (SSSR count). The lowest BCUT2D eigenvalue weighted by atomic mass is 10.5. The van der Waals surface area contributed by atoms with E-state index in [-0.39, 0.29) is 15.3 Å². The van der Waals surface area contributed by atoms with Crippen LogP contribution >= 0.6 is 23.4 Å². The number of hydrogen-bond acceptors (Lipinski definition) is 5. The summed E-state index contributed by atoms with van der Waals surface area (Å²) in [4.78, 5) is 14.2. The van der Waals surface area contributed by atoms with Crippen LogP contribution < -0.4 is 0 Å². The van der Waals surface area contributed by atoms with Crippen molar-refractivity contribution in [1.82, 2.24) is 19.9 Å². The maximum Gasteiger partial charge on any atom is 0.451 e. The van der Waals surface area contributed by atoms with Crippen LogP contribution in [0.4, 0.5) is 13.2 Å². The predicted molar refractivity (Wildman–Crippen MR) is 58.2 cm³/mol. The average Bonchev–Trinajstić information content (AvgIpc) is 2.28. The Bertz CT molecular complexity index is 549. The van der Waals surface area contributed by atoms with Gasteiger partial charge in [-0.05, 0) is 17.8 Å². The van der Waals surface area contributed by atoms with Crippen LogP contribution in [0.2, 0.25) is 5.15 Å². The summed E-state index contributed by atoms with van der Waals surface area (Å²) in [6, 6.07) is 2.82. The summed E-state index contributed by atoms with van der Waals surface area (Å²) in [5.41, 5.74) is 0. The fourth-order valence-corrected chi connectivity index (χ4v) is 1.97.